The lowest BCUT2D eigenvalue weighted by atomic mass is 10.0. The van der Waals surface area contributed by atoms with Crippen LogP contribution in [0.25, 0.3) is 5.69 Å². The van der Waals surface area contributed by atoms with E-state index in [4.69, 9.17) is 0 Å². The number of aryl methyl sites for hydroxylation is 1. The monoisotopic (exact) mass is 422 g/mol. The summed E-state index contributed by atoms with van der Waals surface area (Å²) < 4.78 is 41.1. The van der Waals surface area contributed by atoms with Gasteiger partial charge < -0.3 is 15.2 Å². The van der Waals surface area contributed by atoms with Gasteiger partial charge in [0.2, 0.25) is 5.91 Å². The van der Waals surface area contributed by atoms with Gasteiger partial charge >= 0.3 is 6.18 Å². The van der Waals surface area contributed by atoms with Gasteiger partial charge in [0.05, 0.1) is 12.1 Å². The zero-order chi connectivity index (χ0) is 21.9. The predicted molar refractivity (Wildman–Crippen MR) is 111 cm³/mol. The van der Waals surface area contributed by atoms with Crippen molar-refractivity contribution in [3.8, 4) is 5.69 Å². The van der Waals surface area contributed by atoms with Gasteiger partial charge in [0, 0.05) is 49.8 Å². The molecule has 30 heavy (non-hydrogen) atoms. The molecule has 164 valence electrons. The summed E-state index contributed by atoms with van der Waals surface area (Å²) in [5.74, 6) is 0.0310. The van der Waals surface area contributed by atoms with E-state index in [2.05, 4.69) is 15.5 Å². The number of likely N-dealkylation sites (N-methyl/N-ethyl adjacent to an activating group) is 1. The van der Waals surface area contributed by atoms with E-state index in [0.29, 0.717) is 24.8 Å². The number of hydrogen-bond donors (Lipinski definition) is 2. The standard InChI is InChI=1S/C22H29F3N4O/c1-15-11-17(13-27-19-7-9-28(10-8-19)14-21(30)26-3)16(2)29(15)20-6-4-5-18(12-20)22(23,24)25/h4-6,11-12,19,27H,7-10,13-14H2,1-3H3,(H,26,30). The van der Waals surface area contributed by atoms with E-state index in [1.807, 2.05) is 24.5 Å². The van der Waals surface area contributed by atoms with Crippen LogP contribution in [0, 0.1) is 13.8 Å². The Hall–Kier alpha value is -2.32. The van der Waals surface area contributed by atoms with Gasteiger partial charge in [-0.3, -0.25) is 9.69 Å². The van der Waals surface area contributed by atoms with Crippen LogP contribution in [0.5, 0.6) is 0 Å². The highest BCUT2D eigenvalue weighted by atomic mass is 19.4. The zero-order valence-corrected chi connectivity index (χ0v) is 17.6. The molecule has 0 bridgehead atoms. The van der Waals surface area contributed by atoms with Crippen molar-refractivity contribution >= 4 is 5.91 Å². The number of benzene rings is 1. The summed E-state index contributed by atoms with van der Waals surface area (Å²) in [6.45, 7) is 6.69. The first kappa shape index (κ1) is 22.4. The average Bonchev–Trinajstić information content (AvgIpc) is 3.00. The fourth-order valence-electron chi connectivity index (χ4n) is 4.06. The van der Waals surface area contributed by atoms with Crippen LogP contribution in [0.3, 0.4) is 0 Å². The van der Waals surface area contributed by atoms with Crippen LogP contribution in [0.2, 0.25) is 0 Å². The quantitative estimate of drug-likeness (QED) is 0.750. The van der Waals surface area contributed by atoms with Crippen LogP contribution >= 0.6 is 0 Å². The molecule has 0 radical (unpaired) electrons. The van der Waals surface area contributed by atoms with E-state index in [-0.39, 0.29) is 5.91 Å². The van der Waals surface area contributed by atoms with E-state index < -0.39 is 11.7 Å². The molecule has 2 aromatic rings. The molecule has 1 fully saturated rings. The second-order valence-electron chi connectivity index (χ2n) is 7.88. The van der Waals surface area contributed by atoms with Crippen LogP contribution in [0.4, 0.5) is 13.2 Å². The number of amides is 1. The van der Waals surface area contributed by atoms with Gasteiger partial charge in [-0.15, -0.1) is 0 Å². The number of rotatable bonds is 6. The summed E-state index contributed by atoms with van der Waals surface area (Å²) in [5, 5.41) is 6.22. The molecule has 1 saturated heterocycles. The van der Waals surface area contributed by atoms with Gasteiger partial charge in [-0.25, -0.2) is 0 Å². The van der Waals surface area contributed by atoms with E-state index in [1.165, 1.54) is 12.1 Å². The zero-order valence-electron chi connectivity index (χ0n) is 17.6. The fraction of sp³-hybridized carbons (Fsp3) is 0.500. The number of halogens is 3. The third kappa shape index (κ3) is 5.23. The largest absolute Gasteiger partial charge is 0.416 e. The van der Waals surface area contributed by atoms with Gasteiger partial charge in [-0.2, -0.15) is 13.2 Å². The molecule has 0 spiro atoms. The lowest BCUT2D eigenvalue weighted by molar-refractivity contribution is -0.137. The molecule has 8 heteroatoms. The Labute approximate surface area is 175 Å². The molecular formula is C22H29F3N4O. The molecule has 2 heterocycles. The average molecular weight is 422 g/mol. The molecule has 0 aliphatic carbocycles. The number of aromatic nitrogens is 1. The minimum Gasteiger partial charge on any atom is -0.358 e. The molecule has 2 N–H and O–H groups in total. The van der Waals surface area contributed by atoms with Crippen molar-refractivity contribution in [2.45, 2.75) is 45.5 Å². The lowest BCUT2D eigenvalue weighted by Gasteiger charge is -2.31. The maximum Gasteiger partial charge on any atom is 0.416 e. The van der Waals surface area contributed by atoms with Gasteiger partial charge in [-0.1, -0.05) is 6.07 Å². The smallest absolute Gasteiger partial charge is 0.358 e. The molecule has 3 rings (SSSR count). The van der Waals surface area contributed by atoms with Gasteiger partial charge in [0.1, 0.15) is 0 Å². The van der Waals surface area contributed by atoms with Crippen molar-refractivity contribution < 1.29 is 18.0 Å². The molecule has 1 aromatic carbocycles. The van der Waals surface area contributed by atoms with E-state index in [1.54, 1.807) is 13.1 Å². The number of alkyl halides is 3. The molecule has 0 unspecified atom stereocenters. The Morgan fingerprint density at radius 2 is 1.87 bits per heavy atom. The van der Waals surface area contributed by atoms with E-state index in [0.717, 1.165) is 48.9 Å². The van der Waals surface area contributed by atoms with Gasteiger partial charge in [-0.05, 0) is 56.5 Å². The number of nitrogens with one attached hydrogen (secondary N) is 2. The Morgan fingerprint density at radius 3 is 2.50 bits per heavy atom. The minimum absolute atomic E-state index is 0.0310. The van der Waals surface area contributed by atoms with Crippen LogP contribution in [-0.2, 0) is 17.5 Å². The summed E-state index contributed by atoms with van der Waals surface area (Å²) in [6.07, 6.45) is -2.44. The topological polar surface area (TPSA) is 49.3 Å². The molecule has 5 nitrogen and oxygen atoms in total. The second kappa shape index (κ2) is 9.22. The van der Waals surface area contributed by atoms with Crippen molar-refractivity contribution in [1.29, 1.82) is 0 Å². The number of hydrogen-bond acceptors (Lipinski definition) is 3. The van der Waals surface area contributed by atoms with Crippen molar-refractivity contribution in [1.82, 2.24) is 20.1 Å². The molecule has 1 aromatic heterocycles. The summed E-state index contributed by atoms with van der Waals surface area (Å²) >= 11 is 0. The molecule has 0 saturated carbocycles. The SMILES string of the molecule is CNC(=O)CN1CCC(NCc2cc(C)n(-c3cccc(C(F)(F)F)c3)c2C)CC1. The van der Waals surface area contributed by atoms with Crippen molar-refractivity contribution in [3.63, 3.8) is 0 Å². The number of piperidine rings is 1. The van der Waals surface area contributed by atoms with Gasteiger partial charge in [0.25, 0.3) is 0 Å². The van der Waals surface area contributed by atoms with Crippen LogP contribution < -0.4 is 10.6 Å². The lowest BCUT2D eigenvalue weighted by Crippen LogP contribution is -2.45. The van der Waals surface area contributed by atoms with Crippen LogP contribution in [0.1, 0.15) is 35.4 Å². The number of nitrogens with zero attached hydrogens (tertiary/aromatic N) is 2. The number of carbonyl (C=O) groups is 1. The first-order chi connectivity index (χ1) is 14.2. The Bertz CT molecular complexity index is 883. The summed E-state index contributed by atoms with van der Waals surface area (Å²) in [7, 11) is 1.65. The Morgan fingerprint density at radius 1 is 1.17 bits per heavy atom. The predicted octanol–water partition coefficient (Wildman–Crippen LogP) is 3.41. The first-order valence-electron chi connectivity index (χ1n) is 10.2. The van der Waals surface area contributed by atoms with Crippen molar-refractivity contribution in [3.05, 3.63) is 52.8 Å². The number of carbonyl (C=O) groups excluding carboxylic acids is 1. The highest BCUT2D eigenvalue weighted by molar-refractivity contribution is 5.77. The van der Waals surface area contributed by atoms with Crippen molar-refractivity contribution in [2.24, 2.45) is 0 Å². The van der Waals surface area contributed by atoms with E-state index in [9.17, 15) is 18.0 Å². The van der Waals surface area contributed by atoms with E-state index >= 15 is 0 Å². The summed E-state index contributed by atoms with van der Waals surface area (Å²) in [6, 6.07) is 7.83. The Balaban J connectivity index is 1.64. The summed E-state index contributed by atoms with van der Waals surface area (Å²) in [4.78, 5) is 13.7. The molecular weight excluding hydrogens is 393 g/mol. The number of likely N-dealkylation sites (tertiary alicyclic amines) is 1. The van der Waals surface area contributed by atoms with Gasteiger partial charge in [0.15, 0.2) is 0 Å². The third-order valence-electron chi connectivity index (χ3n) is 5.78. The second-order valence-corrected chi connectivity index (χ2v) is 7.88. The Kier molecular flexibility index (Phi) is 6.88. The maximum atomic E-state index is 13.1. The third-order valence-corrected chi connectivity index (χ3v) is 5.78. The van der Waals surface area contributed by atoms with Crippen LogP contribution in [0.15, 0.2) is 30.3 Å². The highest BCUT2D eigenvalue weighted by Gasteiger charge is 2.30. The first-order valence-corrected chi connectivity index (χ1v) is 10.2. The minimum atomic E-state index is -4.36. The van der Waals surface area contributed by atoms with Crippen LogP contribution in [-0.4, -0.2) is 48.1 Å². The normalized spacial score (nSPS) is 16.1. The maximum absolute atomic E-state index is 13.1. The summed E-state index contributed by atoms with van der Waals surface area (Å²) in [5.41, 5.74) is 2.81. The molecule has 1 aliphatic rings. The molecule has 1 aliphatic heterocycles. The highest BCUT2D eigenvalue weighted by Crippen LogP contribution is 2.31. The fourth-order valence-corrected chi connectivity index (χ4v) is 4.06. The van der Waals surface area contributed by atoms with Crippen molar-refractivity contribution in [2.75, 3.05) is 26.7 Å². The molecule has 0 atom stereocenters. The molecule has 1 amide bonds.